The number of rotatable bonds is 3. The minimum absolute atomic E-state index is 0.166. The van der Waals surface area contributed by atoms with Gasteiger partial charge in [0, 0.05) is 10.6 Å². The monoisotopic (exact) mass is 392 g/mol. The topological polar surface area (TPSA) is 62.9 Å². The molecule has 1 aliphatic heterocycles. The van der Waals surface area contributed by atoms with Crippen LogP contribution in [-0.4, -0.2) is 23.0 Å². The predicted octanol–water partition coefficient (Wildman–Crippen LogP) is 3.99. The third-order valence-corrected chi connectivity index (χ3v) is 6.95. The number of benzene rings is 1. The van der Waals surface area contributed by atoms with Gasteiger partial charge in [0.15, 0.2) is 0 Å². The molecule has 5 aliphatic rings. The van der Waals surface area contributed by atoms with E-state index in [0.717, 1.165) is 17.0 Å². The summed E-state index contributed by atoms with van der Waals surface area (Å²) < 4.78 is 5.78. The van der Waals surface area contributed by atoms with Gasteiger partial charge in [-0.3, -0.25) is 9.59 Å². The van der Waals surface area contributed by atoms with Crippen LogP contribution in [0, 0.1) is 35.5 Å². The van der Waals surface area contributed by atoms with E-state index in [4.69, 9.17) is 16.0 Å². The number of imide groups is 1. The van der Waals surface area contributed by atoms with Gasteiger partial charge in [-0.1, -0.05) is 23.8 Å². The van der Waals surface area contributed by atoms with E-state index in [1.165, 1.54) is 6.21 Å². The highest BCUT2D eigenvalue weighted by Crippen LogP contribution is 2.65. The van der Waals surface area contributed by atoms with Crippen LogP contribution in [0.25, 0.3) is 11.3 Å². The normalized spacial score (nSPS) is 35.0. The quantitative estimate of drug-likeness (QED) is 0.451. The van der Waals surface area contributed by atoms with Crippen molar-refractivity contribution in [1.29, 1.82) is 0 Å². The fraction of sp³-hybridized carbons (Fsp3) is 0.318. The Morgan fingerprint density at radius 1 is 0.964 bits per heavy atom. The van der Waals surface area contributed by atoms with E-state index >= 15 is 0 Å². The second-order valence-corrected chi connectivity index (χ2v) is 8.53. The molecule has 1 aromatic heterocycles. The molecule has 28 heavy (non-hydrogen) atoms. The number of furan rings is 1. The first-order valence-corrected chi connectivity index (χ1v) is 9.95. The zero-order chi connectivity index (χ0) is 19.0. The number of allylic oxidation sites excluding steroid dienone is 2. The van der Waals surface area contributed by atoms with Gasteiger partial charge in [0.1, 0.15) is 11.5 Å². The van der Waals surface area contributed by atoms with E-state index in [-0.39, 0.29) is 35.5 Å². The van der Waals surface area contributed by atoms with E-state index in [0.29, 0.717) is 28.4 Å². The third kappa shape index (κ3) is 2.23. The van der Waals surface area contributed by atoms with Crippen LogP contribution < -0.4 is 0 Å². The molecule has 5 nitrogen and oxygen atoms in total. The average molecular weight is 393 g/mol. The molecule has 2 amide bonds. The number of halogens is 1. The predicted molar refractivity (Wildman–Crippen MR) is 103 cm³/mol. The molecule has 1 aromatic carbocycles. The maximum Gasteiger partial charge on any atom is 0.254 e. The lowest BCUT2D eigenvalue weighted by Crippen LogP contribution is -2.40. The molecule has 3 fully saturated rings. The first-order valence-electron chi connectivity index (χ1n) is 9.58. The van der Waals surface area contributed by atoms with Crippen molar-refractivity contribution < 1.29 is 14.0 Å². The summed E-state index contributed by atoms with van der Waals surface area (Å²) in [5.74, 6) is 1.95. The Morgan fingerprint density at radius 2 is 1.61 bits per heavy atom. The Bertz CT molecular complexity index is 1020. The van der Waals surface area contributed by atoms with Crippen LogP contribution in [0.4, 0.5) is 0 Å². The molecule has 2 saturated carbocycles. The van der Waals surface area contributed by atoms with Gasteiger partial charge < -0.3 is 4.42 Å². The fourth-order valence-electron chi connectivity index (χ4n) is 5.36. The summed E-state index contributed by atoms with van der Waals surface area (Å²) in [5, 5.41) is 5.93. The molecule has 6 atom stereocenters. The Morgan fingerprint density at radius 3 is 2.25 bits per heavy atom. The maximum atomic E-state index is 12.9. The zero-order valence-corrected chi connectivity index (χ0v) is 15.6. The van der Waals surface area contributed by atoms with Crippen molar-refractivity contribution in [3.05, 3.63) is 59.3 Å². The number of carbonyl (C=O) groups excluding carboxylic acids is 2. The van der Waals surface area contributed by atoms with Crippen LogP contribution in [-0.2, 0) is 9.59 Å². The Labute approximate surface area is 166 Å². The lowest BCUT2D eigenvalue weighted by molar-refractivity contribution is -0.140. The Kier molecular flexibility index (Phi) is 3.30. The van der Waals surface area contributed by atoms with Crippen molar-refractivity contribution in [2.45, 2.75) is 6.42 Å². The lowest BCUT2D eigenvalue weighted by atomic mass is 9.63. The zero-order valence-electron chi connectivity index (χ0n) is 14.9. The van der Waals surface area contributed by atoms with Gasteiger partial charge in [-0.25, -0.2) is 0 Å². The highest BCUT2D eigenvalue weighted by molar-refractivity contribution is 6.30. The Hall–Kier alpha value is -2.66. The number of nitrogens with zero attached hydrogens (tertiary/aromatic N) is 2. The van der Waals surface area contributed by atoms with Crippen molar-refractivity contribution in [2.75, 3.05) is 0 Å². The minimum atomic E-state index is -0.232. The maximum absolute atomic E-state index is 12.9. The van der Waals surface area contributed by atoms with Gasteiger partial charge >= 0.3 is 0 Å². The van der Waals surface area contributed by atoms with Crippen LogP contribution in [0.3, 0.4) is 0 Å². The van der Waals surface area contributed by atoms with Crippen molar-refractivity contribution in [2.24, 2.45) is 40.6 Å². The second-order valence-electron chi connectivity index (χ2n) is 8.10. The van der Waals surface area contributed by atoms with Crippen LogP contribution in [0.15, 0.2) is 58.1 Å². The van der Waals surface area contributed by atoms with Gasteiger partial charge in [-0.2, -0.15) is 10.1 Å². The van der Waals surface area contributed by atoms with Crippen molar-refractivity contribution in [3.63, 3.8) is 0 Å². The van der Waals surface area contributed by atoms with Crippen molar-refractivity contribution in [1.82, 2.24) is 5.01 Å². The van der Waals surface area contributed by atoms with Gasteiger partial charge in [0.05, 0.1) is 18.1 Å². The fourth-order valence-corrected chi connectivity index (χ4v) is 5.49. The van der Waals surface area contributed by atoms with Crippen LogP contribution in [0.5, 0.6) is 0 Å². The molecule has 0 spiro atoms. The summed E-state index contributed by atoms with van der Waals surface area (Å²) >= 11 is 5.92. The van der Waals surface area contributed by atoms with Crippen molar-refractivity contribution in [3.8, 4) is 11.3 Å². The number of hydrazone groups is 1. The second kappa shape index (κ2) is 5.67. The molecule has 0 unspecified atom stereocenters. The highest BCUT2D eigenvalue weighted by atomic mass is 35.5. The van der Waals surface area contributed by atoms with Gasteiger partial charge in [0.25, 0.3) is 11.8 Å². The largest absolute Gasteiger partial charge is 0.455 e. The minimum Gasteiger partial charge on any atom is -0.455 e. The van der Waals surface area contributed by atoms with E-state index in [1.807, 2.05) is 18.2 Å². The molecule has 2 bridgehead atoms. The number of amides is 2. The molecule has 0 radical (unpaired) electrons. The molecular formula is C22H17ClN2O3. The van der Waals surface area contributed by atoms with E-state index in [2.05, 4.69) is 17.3 Å². The molecule has 6 heteroatoms. The summed E-state index contributed by atoms with van der Waals surface area (Å²) in [6.45, 7) is 0. The summed E-state index contributed by atoms with van der Waals surface area (Å²) in [6.07, 6.45) is 6.91. The van der Waals surface area contributed by atoms with Crippen molar-refractivity contribution >= 4 is 29.6 Å². The summed E-state index contributed by atoms with van der Waals surface area (Å²) in [4.78, 5) is 25.8. The van der Waals surface area contributed by atoms with Crippen LogP contribution in [0.2, 0.25) is 5.02 Å². The molecule has 140 valence electrons. The van der Waals surface area contributed by atoms with E-state index in [9.17, 15) is 9.59 Å². The lowest BCUT2D eigenvalue weighted by Gasteiger charge is -2.37. The molecule has 0 N–H and O–H groups in total. The first kappa shape index (κ1) is 16.3. The summed E-state index contributed by atoms with van der Waals surface area (Å²) in [6, 6.07) is 10.9. The highest BCUT2D eigenvalue weighted by Gasteiger charge is 2.67. The number of carbonyl (C=O) groups is 2. The summed E-state index contributed by atoms with van der Waals surface area (Å²) in [5.41, 5.74) is 0.894. The molecule has 7 rings (SSSR count). The molecular weight excluding hydrogens is 376 g/mol. The third-order valence-electron chi connectivity index (χ3n) is 6.70. The van der Waals surface area contributed by atoms with E-state index in [1.54, 1.807) is 18.2 Å². The SMILES string of the molecule is O=C1[C@H]2[C@@H]3C=C[C@H]([C@H]4C[C@H]34)[C@@H]2C(=O)N1/N=C\c1ccc(-c2ccc(Cl)cc2)o1. The van der Waals surface area contributed by atoms with Gasteiger partial charge in [-0.05, 0) is 66.5 Å². The number of hydrogen-bond donors (Lipinski definition) is 0. The summed E-state index contributed by atoms with van der Waals surface area (Å²) in [7, 11) is 0. The van der Waals surface area contributed by atoms with Gasteiger partial charge in [0.2, 0.25) is 0 Å². The molecule has 2 aromatic rings. The molecule has 4 aliphatic carbocycles. The smallest absolute Gasteiger partial charge is 0.254 e. The van der Waals surface area contributed by atoms with Crippen LogP contribution in [0.1, 0.15) is 12.2 Å². The van der Waals surface area contributed by atoms with E-state index < -0.39 is 0 Å². The molecule has 1 saturated heterocycles. The van der Waals surface area contributed by atoms with Gasteiger partial charge in [-0.15, -0.1) is 0 Å². The first-order chi connectivity index (χ1) is 13.6. The molecule has 2 heterocycles. The standard InChI is InChI=1S/C22H17ClN2O3/c23-12-3-1-11(2-4-12)18-8-5-13(28-18)10-24-25-21(26)19-14-6-7-15(17-9-16(14)17)20(19)22(25)27/h1-8,10,14-17,19-20H,9H2/b24-10-/t14-,15-,16-,17-,19+,20+/m1/s1. The Balaban J connectivity index is 1.24. The van der Waals surface area contributed by atoms with Crippen LogP contribution >= 0.6 is 11.6 Å². The number of hydrogen-bond acceptors (Lipinski definition) is 4. The average Bonchev–Trinajstić information content (AvgIpc) is 3.34.